The molecule has 82 valence electrons. The Labute approximate surface area is 89.3 Å². The van der Waals surface area contributed by atoms with Crippen LogP contribution >= 0.6 is 0 Å². The van der Waals surface area contributed by atoms with Crippen LogP contribution in [0.1, 0.15) is 24.2 Å². The number of nitrogens with one attached hydrogen (secondary N) is 2. The lowest BCUT2D eigenvalue weighted by molar-refractivity contribution is 0.0953. The molecule has 0 atom stereocenters. The molecule has 1 heterocycles. The average Bonchev–Trinajstić information content (AvgIpc) is 2.25. The van der Waals surface area contributed by atoms with Crippen molar-refractivity contribution in [1.82, 2.24) is 20.8 Å². The van der Waals surface area contributed by atoms with Gasteiger partial charge in [-0.3, -0.25) is 4.79 Å². The molecule has 0 radical (unpaired) electrons. The fourth-order valence-electron chi connectivity index (χ4n) is 1.06. The average molecular weight is 208 g/mol. The highest BCUT2D eigenvalue weighted by atomic mass is 16.1. The Balaban J connectivity index is 2.25. The Morgan fingerprint density at radius 2 is 2.20 bits per heavy atom. The summed E-state index contributed by atoms with van der Waals surface area (Å²) in [6.45, 7) is 5.50. The first-order chi connectivity index (χ1) is 7.20. The van der Waals surface area contributed by atoms with E-state index in [1.54, 1.807) is 6.07 Å². The SMILES string of the molecule is CC(C)NCCNC(=O)c1ccnnc1. The molecule has 0 spiro atoms. The van der Waals surface area contributed by atoms with Crippen LogP contribution in [0, 0.1) is 0 Å². The third kappa shape index (κ3) is 4.51. The van der Waals surface area contributed by atoms with E-state index in [2.05, 4.69) is 34.7 Å². The van der Waals surface area contributed by atoms with Gasteiger partial charge in [0, 0.05) is 19.1 Å². The summed E-state index contributed by atoms with van der Waals surface area (Å²) in [5.41, 5.74) is 0.537. The predicted octanol–water partition coefficient (Wildman–Crippen LogP) is 0.204. The summed E-state index contributed by atoms with van der Waals surface area (Å²) in [4.78, 5) is 11.5. The van der Waals surface area contributed by atoms with Crippen LogP contribution in [0.5, 0.6) is 0 Å². The molecule has 1 amide bonds. The van der Waals surface area contributed by atoms with Gasteiger partial charge in [0.2, 0.25) is 0 Å². The molecule has 0 fully saturated rings. The van der Waals surface area contributed by atoms with Gasteiger partial charge in [-0.2, -0.15) is 10.2 Å². The highest BCUT2D eigenvalue weighted by Gasteiger charge is 2.03. The van der Waals surface area contributed by atoms with Crippen LogP contribution in [0.25, 0.3) is 0 Å². The molecule has 2 N–H and O–H groups in total. The molecule has 0 unspecified atom stereocenters. The second-order valence-corrected chi connectivity index (χ2v) is 3.50. The van der Waals surface area contributed by atoms with E-state index in [0.29, 0.717) is 18.2 Å². The molecule has 0 saturated carbocycles. The summed E-state index contributed by atoms with van der Waals surface area (Å²) < 4.78 is 0. The lowest BCUT2D eigenvalue weighted by atomic mass is 10.3. The van der Waals surface area contributed by atoms with Crippen molar-refractivity contribution < 1.29 is 4.79 Å². The highest BCUT2D eigenvalue weighted by molar-refractivity contribution is 5.93. The molecule has 0 aliphatic carbocycles. The zero-order valence-corrected chi connectivity index (χ0v) is 9.03. The molecule has 0 aromatic carbocycles. The number of rotatable bonds is 5. The maximum Gasteiger partial charge on any atom is 0.253 e. The Morgan fingerprint density at radius 1 is 1.40 bits per heavy atom. The van der Waals surface area contributed by atoms with Crippen LogP contribution in [0.2, 0.25) is 0 Å². The van der Waals surface area contributed by atoms with E-state index < -0.39 is 0 Å². The van der Waals surface area contributed by atoms with Crippen LogP contribution < -0.4 is 10.6 Å². The van der Waals surface area contributed by atoms with Gasteiger partial charge in [0.05, 0.1) is 18.0 Å². The Hall–Kier alpha value is -1.49. The molecular weight excluding hydrogens is 192 g/mol. The number of amides is 1. The normalized spacial score (nSPS) is 10.3. The third-order valence-corrected chi connectivity index (χ3v) is 1.81. The summed E-state index contributed by atoms with van der Waals surface area (Å²) in [5, 5.41) is 13.2. The molecule has 0 bridgehead atoms. The van der Waals surface area contributed by atoms with Gasteiger partial charge in [-0.1, -0.05) is 13.8 Å². The topological polar surface area (TPSA) is 66.9 Å². The minimum atomic E-state index is -0.115. The number of aromatic nitrogens is 2. The monoisotopic (exact) mass is 208 g/mol. The van der Waals surface area contributed by atoms with Crippen molar-refractivity contribution in [2.75, 3.05) is 13.1 Å². The first-order valence-electron chi connectivity index (χ1n) is 4.98. The lowest BCUT2D eigenvalue weighted by Gasteiger charge is -2.08. The van der Waals surface area contributed by atoms with Crippen molar-refractivity contribution in [2.45, 2.75) is 19.9 Å². The predicted molar refractivity (Wildman–Crippen MR) is 57.5 cm³/mol. The molecule has 15 heavy (non-hydrogen) atoms. The van der Waals surface area contributed by atoms with E-state index in [0.717, 1.165) is 6.54 Å². The van der Waals surface area contributed by atoms with Gasteiger partial charge < -0.3 is 10.6 Å². The van der Waals surface area contributed by atoms with Crippen molar-refractivity contribution in [3.63, 3.8) is 0 Å². The van der Waals surface area contributed by atoms with Crippen molar-refractivity contribution >= 4 is 5.91 Å². The summed E-state index contributed by atoms with van der Waals surface area (Å²) in [6.07, 6.45) is 2.95. The Kier molecular flexibility index (Phi) is 4.70. The van der Waals surface area contributed by atoms with Gasteiger partial charge in [-0.25, -0.2) is 0 Å². The van der Waals surface area contributed by atoms with Gasteiger partial charge in [-0.15, -0.1) is 0 Å². The van der Waals surface area contributed by atoms with Crippen LogP contribution in [-0.2, 0) is 0 Å². The number of carbonyl (C=O) groups excluding carboxylic acids is 1. The van der Waals surface area contributed by atoms with Crippen molar-refractivity contribution in [2.24, 2.45) is 0 Å². The molecule has 1 aromatic heterocycles. The molecule has 5 nitrogen and oxygen atoms in total. The maximum atomic E-state index is 11.5. The van der Waals surface area contributed by atoms with E-state index in [9.17, 15) is 4.79 Å². The molecule has 1 aromatic rings. The minimum Gasteiger partial charge on any atom is -0.351 e. The molecule has 0 saturated heterocycles. The first-order valence-corrected chi connectivity index (χ1v) is 4.98. The fourth-order valence-corrected chi connectivity index (χ4v) is 1.06. The van der Waals surface area contributed by atoms with E-state index in [1.807, 2.05) is 0 Å². The van der Waals surface area contributed by atoms with E-state index in [-0.39, 0.29) is 5.91 Å². The zero-order valence-electron chi connectivity index (χ0n) is 9.03. The van der Waals surface area contributed by atoms with Crippen LogP contribution in [0.3, 0.4) is 0 Å². The summed E-state index contributed by atoms with van der Waals surface area (Å²) in [7, 11) is 0. The molecule has 1 rings (SSSR count). The highest BCUT2D eigenvalue weighted by Crippen LogP contribution is 1.92. The molecule has 5 heteroatoms. The second-order valence-electron chi connectivity index (χ2n) is 3.50. The number of nitrogens with zero attached hydrogens (tertiary/aromatic N) is 2. The van der Waals surface area contributed by atoms with Crippen LogP contribution in [0.4, 0.5) is 0 Å². The number of carbonyl (C=O) groups is 1. The standard InChI is InChI=1S/C10H16N4O/c1-8(2)11-5-6-12-10(15)9-3-4-13-14-7-9/h3-4,7-8,11H,5-6H2,1-2H3,(H,12,15). The van der Waals surface area contributed by atoms with Crippen molar-refractivity contribution in [3.8, 4) is 0 Å². The molecule has 0 aliphatic rings. The number of hydrogen-bond acceptors (Lipinski definition) is 4. The summed E-state index contributed by atoms with van der Waals surface area (Å²) >= 11 is 0. The van der Waals surface area contributed by atoms with E-state index in [1.165, 1.54) is 12.4 Å². The van der Waals surface area contributed by atoms with Crippen molar-refractivity contribution in [1.29, 1.82) is 0 Å². The molecular formula is C10H16N4O. The van der Waals surface area contributed by atoms with Crippen LogP contribution in [0.15, 0.2) is 18.5 Å². The Morgan fingerprint density at radius 3 is 2.80 bits per heavy atom. The minimum absolute atomic E-state index is 0.115. The smallest absolute Gasteiger partial charge is 0.253 e. The molecule has 0 aliphatic heterocycles. The zero-order chi connectivity index (χ0) is 11.1. The van der Waals surface area contributed by atoms with Gasteiger partial charge in [0.15, 0.2) is 0 Å². The van der Waals surface area contributed by atoms with Gasteiger partial charge in [0.25, 0.3) is 5.91 Å². The summed E-state index contributed by atoms with van der Waals surface area (Å²) in [6, 6.07) is 2.07. The van der Waals surface area contributed by atoms with Gasteiger partial charge in [-0.05, 0) is 6.07 Å². The van der Waals surface area contributed by atoms with Gasteiger partial charge >= 0.3 is 0 Å². The van der Waals surface area contributed by atoms with E-state index in [4.69, 9.17) is 0 Å². The quantitative estimate of drug-likeness (QED) is 0.679. The van der Waals surface area contributed by atoms with Gasteiger partial charge in [0.1, 0.15) is 0 Å². The Bertz CT molecular complexity index is 300. The van der Waals surface area contributed by atoms with E-state index >= 15 is 0 Å². The summed E-state index contributed by atoms with van der Waals surface area (Å²) in [5.74, 6) is -0.115. The third-order valence-electron chi connectivity index (χ3n) is 1.81. The largest absolute Gasteiger partial charge is 0.351 e. The maximum absolute atomic E-state index is 11.5. The van der Waals surface area contributed by atoms with Crippen LogP contribution in [-0.4, -0.2) is 35.2 Å². The fraction of sp³-hybridized carbons (Fsp3) is 0.500. The second kappa shape index (κ2) is 6.08. The lowest BCUT2D eigenvalue weighted by Crippen LogP contribution is -2.34. The first kappa shape index (κ1) is 11.6. The number of hydrogen-bond donors (Lipinski definition) is 2. The van der Waals surface area contributed by atoms with Crippen molar-refractivity contribution in [3.05, 3.63) is 24.0 Å².